The van der Waals surface area contributed by atoms with Crippen molar-refractivity contribution in [3.05, 3.63) is 0 Å². The molecule has 1 N–H and O–H groups in total. The Morgan fingerprint density at radius 2 is 1.73 bits per heavy atom. The third-order valence-electron chi connectivity index (χ3n) is 2.16. The lowest BCUT2D eigenvalue weighted by molar-refractivity contribution is -0.142. The van der Waals surface area contributed by atoms with Crippen LogP contribution in [0.4, 0.5) is 0 Å². The Balaban J connectivity index is 0. The van der Waals surface area contributed by atoms with Gasteiger partial charge >= 0.3 is 5.97 Å². The average Bonchev–Trinajstić information content (AvgIpc) is 2.20. The van der Waals surface area contributed by atoms with E-state index in [0.717, 1.165) is 38.9 Å². The summed E-state index contributed by atoms with van der Waals surface area (Å²) in [6, 6.07) is 0. The van der Waals surface area contributed by atoms with Crippen LogP contribution in [0, 0.1) is 5.92 Å². The highest BCUT2D eigenvalue weighted by molar-refractivity contribution is 5.69. The van der Waals surface area contributed by atoms with Crippen LogP contribution < -0.4 is 0 Å². The molecule has 0 aromatic carbocycles. The van der Waals surface area contributed by atoms with E-state index in [1.54, 1.807) is 0 Å². The van der Waals surface area contributed by atoms with E-state index in [1.807, 2.05) is 20.8 Å². The molecule has 0 aliphatic rings. The first kappa shape index (κ1) is 16.8. The number of carboxylic acid groups (broad SMARTS) is 1. The van der Waals surface area contributed by atoms with Crippen LogP contribution in [0.25, 0.3) is 0 Å². The molecule has 0 saturated carbocycles. The molecule has 3 heteroatoms. The van der Waals surface area contributed by atoms with Crippen LogP contribution in [0.2, 0.25) is 0 Å². The van der Waals surface area contributed by atoms with Gasteiger partial charge in [0, 0.05) is 13.2 Å². The maximum atomic E-state index is 10.4. The van der Waals surface area contributed by atoms with E-state index in [2.05, 4.69) is 6.92 Å². The molecule has 15 heavy (non-hydrogen) atoms. The lowest BCUT2D eigenvalue weighted by Gasteiger charge is -2.06. The van der Waals surface area contributed by atoms with Gasteiger partial charge in [0.15, 0.2) is 0 Å². The van der Waals surface area contributed by atoms with E-state index in [4.69, 9.17) is 9.84 Å². The fourth-order valence-electron chi connectivity index (χ4n) is 1.16. The molecule has 0 amide bonds. The van der Waals surface area contributed by atoms with Crippen LogP contribution >= 0.6 is 0 Å². The fourth-order valence-corrected chi connectivity index (χ4v) is 1.16. The molecule has 0 saturated heterocycles. The van der Waals surface area contributed by atoms with Crippen molar-refractivity contribution in [1.82, 2.24) is 0 Å². The van der Waals surface area contributed by atoms with E-state index in [0.29, 0.717) is 0 Å². The first-order chi connectivity index (χ1) is 7.13. The molecule has 3 nitrogen and oxygen atoms in total. The van der Waals surface area contributed by atoms with Crippen LogP contribution in [0.5, 0.6) is 0 Å². The summed E-state index contributed by atoms with van der Waals surface area (Å²) < 4.78 is 4.83. The predicted molar refractivity (Wildman–Crippen MR) is 63.1 cm³/mol. The van der Waals surface area contributed by atoms with Crippen LogP contribution in [0.3, 0.4) is 0 Å². The molecule has 0 fully saturated rings. The van der Waals surface area contributed by atoms with E-state index < -0.39 is 5.97 Å². The smallest absolute Gasteiger partial charge is 0.306 e. The summed E-state index contributed by atoms with van der Waals surface area (Å²) in [7, 11) is 0. The van der Waals surface area contributed by atoms with Crippen molar-refractivity contribution < 1.29 is 14.6 Å². The second kappa shape index (κ2) is 13.4. The van der Waals surface area contributed by atoms with Gasteiger partial charge in [0.2, 0.25) is 0 Å². The number of ether oxygens (including phenoxy) is 1. The molecule has 0 heterocycles. The average molecular weight is 218 g/mol. The summed E-state index contributed by atoms with van der Waals surface area (Å²) in [6.07, 6.45) is 3.71. The topological polar surface area (TPSA) is 46.5 Å². The Hall–Kier alpha value is -0.570. The lowest BCUT2D eigenvalue weighted by atomic mass is 10.00. The lowest BCUT2D eigenvalue weighted by Crippen LogP contribution is -2.11. The van der Waals surface area contributed by atoms with Gasteiger partial charge in [-0.2, -0.15) is 0 Å². The standard InChI is InChI=1S/C8H16O2.C4H10O/c1-3-5-6-7(4-2)8(9)10;1-3-5-4-2/h7H,3-6H2,1-2H3,(H,9,10);3-4H2,1-2H3. The van der Waals surface area contributed by atoms with Crippen molar-refractivity contribution in [3.8, 4) is 0 Å². The number of carboxylic acids is 1. The molecule has 0 aromatic heterocycles. The quantitative estimate of drug-likeness (QED) is 0.713. The summed E-state index contributed by atoms with van der Waals surface area (Å²) in [5.41, 5.74) is 0. The highest BCUT2D eigenvalue weighted by atomic mass is 16.5. The van der Waals surface area contributed by atoms with Gasteiger partial charge in [-0.15, -0.1) is 0 Å². The fraction of sp³-hybridized carbons (Fsp3) is 0.917. The second-order valence-electron chi connectivity index (χ2n) is 3.37. The minimum atomic E-state index is -0.643. The summed E-state index contributed by atoms with van der Waals surface area (Å²) in [4.78, 5) is 10.4. The molecular formula is C12H26O3. The number of aliphatic carboxylic acids is 1. The van der Waals surface area contributed by atoms with E-state index >= 15 is 0 Å². The monoisotopic (exact) mass is 218 g/mol. The van der Waals surface area contributed by atoms with Gasteiger partial charge in [-0.1, -0.05) is 26.7 Å². The van der Waals surface area contributed by atoms with E-state index in [-0.39, 0.29) is 5.92 Å². The number of hydrogen-bond donors (Lipinski definition) is 1. The Morgan fingerprint density at radius 3 is 1.93 bits per heavy atom. The zero-order chi connectivity index (χ0) is 12.1. The van der Waals surface area contributed by atoms with E-state index in [9.17, 15) is 4.79 Å². The van der Waals surface area contributed by atoms with Crippen molar-refractivity contribution in [1.29, 1.82) is 0 Å². The van der Waals surface area contributed by atoms with Crippen molar-refractivity contribution >= 4 is 5.97 Å². The summed E-state index contributed by atoms with van der Waals surface area (Å²) in [5.74, 6) is -0.754. The molecule has 92 valence electrons. The van der Waals surface area contributed by atoms with E-state index in [1.165, 1.54) is 0 Å². The Morgan fingerprint density at radius 1 is 1.20 bits per heavy atom. The SMILES string of the molecule is CCCCC(CC)C(=O)O.CCOCC. The first-order valence-electron chi connectivity index (χ1n) is 5.94. The number of carbonyl (C=O) groups is 1. The van der Waals surface area contributed by atoms with Crippen LogP contribution in [0.15, 0.2) is 0 Å². The molecule has 1 atom stereocenters. The van der Waals surface area contributed by atoms with Crippen molar-refractivity contribution in [3.63, 3.8) is 0 Å². The normalized spacial score (nSPS) is 11.5. The zero-order valence-corrected chi connectivity index (χ0v) is 10.6. The second-order valence-corrected chi connectivity index (χ2v) is 3.37. The van der Waals surface area contributed by atoms with Gasteiger partial charge in [-0.25, -0.2) is 0 Å². The molecule has 0 aliphatic carbocycles. The zero-order valence-electron chi connectivity index (χ0n) is 10.6. The molecule has 0 radical (unpaired) electrons. The molecule has 0 rings (SSSR count). The molecule has 0 aromatic rings. The third kappa shape index (κ3) is 13.4. The van der Waals surface area contributed by atoms with Gasteiger partial charge in [-0.3, -0.25) is 4.79 Å². The predicted octanol–water partition coefficient (Wildman–Crippen LogP) is 3.33. The minimum absolute atomic E-state index is 0.111. The Labute approximate surface area is 93.8 Å². The van der Waals surface area contributed by atoms with Crippen molar-refractivity contribution in [2.75, 3.05) is 13.2 Å². The van der Waals surface area contributed by atoms with Crippen molar-refractivity contribution in [2.45, 2.75) is 53.4 Å². The molecule has 0 bridgehead atoms. The highest BCUT2D eigenvalue weighted by Crippen LogP contribution is 2.11. The maximum absolute atomic E-state index is 10.4. The van der Waals surface area contributed by atoms with Crippen LogP contribution in [-0.2, 0) is 9.53 Å². The van der Waals surface area contributed by atoms with Crippen LogP contribution in [0.1, 0.15) is 53.4 Å². The van der Waals surface area contributed by atoms with Gasteiger partial charge in [-0.05, 0) is 26.7 Å². The highest BCUT2D eigenvalue weighted by Gasteiger charge is 2.12. The summed E-state index contributed by atoms with van der Waals surface area (Å²) in [6.45, 7) is 9.67. The van der Waals surface area contributed by atoms with Gasteiger partial charge in [0.25, 0.3) is 0 Å². The summed E-state index contributed by atoms with van der Waals surface area (Å²) in [5, 5.41) is 8.60. The maximum Gasteiger partial charge on any atom is 0.306 e. The number of rotatable bonds is 7. The van der Waals surface area contributed by atoms with Gasteiger partial charge in [0.1, 0.15) is 0 Å². The van der Waals surface area contributed by atoms with Crippen LogP contribution in [-0.4, -0.2) is 24.3 Å². The third-order valence-corrected chi connectivity index (χ3v) is 2.16. The van der Waals surface area contributed by atoms with Crippen molar-refractivity contribution in [2.24, 2.45) is 5.92 Å². The molecule has 0 spiro atoms. The Kier molecular flexibility index (Phi) is 15.1. The number of unbranched alkanes of at least 4 members (excludes halogenated alkanes) is 1. The number of hydrogen-bond acceptors (Lipinski definition) is 2. The minimum Gasteiger partial charge on any atom is -0.481 e. The van der Waals surface area contributed by atoms with Gasteiger partial charge in [0.05, 0.1) is 5.92 Å². The molecular weight excluding hydrogens is 192 g/mol. The largest absolute Gasteiger partial charge is 0.481 e. The Bertz CT molecular complexity index is 133. The molecule has 1 unspecified atom stereocenters. The first-order valence-corrected chi connectivity index (χ1v) is 5.94. The molecule has 0 aliphatic heterocycles. The van der Waals surface area contributed by atoms with Gasteiger partial charge < -0.3 is 9.84 Å². The summed E-state index contributed by atoms with van der Waals surface area (Å²) >= 11 is 0.